The van der Waals surface area contributed by atoms with E-state index >= 15 is 0 Å². The van der Waals surface area contributed by atoms with E-state index < -0.39 is 18.0 Å². The summed E-state index contributed by atoms with van der Waals surface area (Å²) in [5, 5.41) is 1.92. The van der Waals surface area contributed by atoms with Gasteiger partial charge in [0.05, 0.1) is 35.1 Å². The van der Waals surface area contributed by atoms with Gasteiger partial charge in [0.2, 0.25) is 0 Å². The zero-order chi connectivity index (χ0) is 27.8. The first-order valence-corrected chi connectivity index (χ1v) is 14.1. The van der Waals surface area contributed by atoms with Crippen LogP contribution in [0, 0.1) is 13.8 Å². The normalized spacial score (nSPS) is 15.2. The molecule has 8 nitrogen and oxygen atoms in total. The molecule has 10 heteroatoms. The van der Waals surface area contributed by atoms with Crippen LogP contribution in [0.2, 0.25) is 0 Å². The highest BCUT2D eigenvalue weighted by atomic mass is 32.1. The summed E-state index contributed by atoms with van der Waals surface area (Å²) in [5.41, 5.74) is 4.72. The molecule has 0 aliphatic carbocycles. The Kier molecular flexibility index (Phi) is 7.24. The summed E-state index contributed by atoms with van der Waals surface area (Å²) in [7, 11) is 1.36. The average molecular weight is 562 g/mol. The van der Waals surface area contributed by atoms with Gasteiger partial charge in [-0.2, -0.15) is 0 Å². The van der Waals surface area contributed by atoms with Crippen LogP contribution in [-0.2, 0) is 14.3 Å². The molecule has 1 aromatic carbocycles. The van der Waals surface area contributed by atoms with Gasteiger partial charge in [-0.25, -0.2) is 14.6 Å². The van der Waals surface area contributed by atoms with Gasteiger partial charge >= 0.3 is 11.9 Å². The molecule has 0 radical (unpaired) electrons. The number of fused-ring (bicyclic) bond motifs is 1. The molecule has 1 atom stereocenters. The summed E-state index contributed by atoms with van der Waals surface area (Å²) < 4.78 is 14.4. The first-order chi connectivity index (χ1) is 18.7. The quantitative estimate of drug-likeness (QED) is 0.331. The second-order valence-electron chi connectivity index (χ2n) is 9.02. The fourth-order valence-electron chi connectivity index (χ4n) is 4.87. The lowest BCUT2D eigenvalue weighted by Gasteiger charge is -2.23. The van der Waals surface area contributed by atoms with Gasteiger partial charge in [-0.1, -0.05) is 23.5 Å². The molecule has 0 bridgehead atoms. The van der Waals surface area contributed by atoms with E-state index in [2.05, 4.69) is 4.99 Å². The molecule has 0 fully saturated rings. The van der Waals surface area contributed by atoms with Crippen molar-refractivity contribution in [3.05, 3.63) is 106 Å². The second kappa shape index (κ2) is 10.6. The van der Waals surface area contributed by atoms with Crippen molar-refractivity contribution in [2.24, 2.45) is 4.99 Å². The number of allylic oxidation sites excluding steroid dienone is 1. The molecule has 0 amide bonds. The van der Waals surface area contributed by atoms with Crippen molar-refractivity contribution in [3.63, 3.8) is 0 Å². The number of carbonyl (C=O) groups is 2. The van der Waals surface area contributed by atoms with Gasteiger partial charge in [0.25, 0.3) is 5.56 Å². The molecule has 5 rings (SSSR count). The molecule has 0 saturated heterocycles. The first kappa shape index (κ1) is 26.6. The maximum atomic E-state index is 13.8. The minimum Gasteiger partial charge on any atom is -0.465 e. The second-order valence-corrected chi connectivity index (χ2v) is 11.0. The molecule has 3 aromatic heterocycles. The average Bonchev–Trinajstić information content (AvgIpc) is 3.62. The molecule has 39 heavy (non-hydrogen) atoms. The van der Waals surface area contributed by atoms with Crippen LogP contribution in [-0.4, -0.2) is 34.8 Å². The van der Waals surface area contributed by atoms with Crippen molar-refractivity contribution in [2.45, 2.75) is 33.7 Å². The number of hydrogen-bond acceptors (Lipinski definition) is 8. The maximum Gasteiger partial charge on any atom is 0.338 e. The number of carbonyl (C=O) groups excluding carboxylic acids is 2. The van der Waals surface area contributed by atoms with Crippen LogP contribution in [0.15, 0.2) is 68.9 Å². The summed E-state index contributed by atoms with van der Waals surface area (Å²) >= 11 is 2.77. The number of thiazole rings is 1. The highest BCUT2D eigenvalue weighted by molar-refractivity contribution is 7.10. The number of hydrogen-bond donors (Lipinski definition) is 0. The number of aryl methyl sites for hydroxylation is 1. The summed E-state index contributed by atoms with van der Waals surface area (Å²) in [4.78, 5) is 44.9. The minimum absolute atomic E-state index is 0.219. The molecule has 4 heterocycles. The van der Waals surface area contributed by atoms with Crippen molar-refractivity contribution in [2.75, 3.05) is 13.7 Å². The third kappa shape index (κ3) is 4.70. The van der Waals surface area contributed by atoms with E-state index in [1.54, 1.807) is 30.5 Å². The molecule has 1 aliphatic rings. The molecule has 1 aliphatic heterocycles. The molecular formula is C29H27N3O5S2. The van der Waals surface area contributed by atoms with Gasteiger partial charge in [-0.3, -0.25) is 9.36 Å². The van der Waals surface area contributed by atoms with Crippen LogP contribution in [0.1, 0.15) is 52.1 Å². The molecule has 0 saturated carbocycles. The molecule has 200 valence electrons. The lowest BCUT2D eigenvalue weighted by molar-refractivity contribution is -0.139. The van der Waals surface area contributed by atoms with Crippen molar-refractivity contribution >= 4 is 40.7 Å². The first-order valence-electron chi connectivity index (χ1n) is 12.4. The summed E-state index contributed by atoms with van der Waals surface area (Å²) in [6, 6.07) is 12.4. The van der Waals surface area contributed by atoms with Gasteiger partial charge < -0.3 is 14.0 Å². The molecular weight excluding hydrogens is 534 g/mol. The van der Waals surface area contributed by atoms with Gasteiger partial charge in [-0.05, 0) is 75.0 Å². The van der Waals surface area contributed by atoms with E-state index in [1.165, 1.54) is 29.8 Å². The Morgan fingerprint density at radius 2 is 1.90 bits per heavy atom. The van der Waals surface area contributed by atoms with Gasteiger partial charge in [-0.15, -0.1) is 11.3 Å². The summed E-state index contributed by atoms with van der Waals surface area (Å²) in [6.45, 7) is 7.71. The Bertz CT molecular complexity index is 1810. The highest BCUT2D eigenvalue weighted by Gasteiger charge is 2.34. The SMILES string of the molecule is CCOC(=O)C1=C(C)N=c2s/c(=C/c3cc(C)n(-c4cccc(C(=O)OC)c4)c3C)c(=O)n2[C@@H]1c1cccs1. The van der Waals surface area contributed by atoms with E-state index in [0.29, 0.717) is 26.2 Å². The summed E-state index contributed by atoms with van der Waals surface area (Å²) in [5.74, 6) is -0.873. The third-order valence-electron chi connectivity index (χ3n) is 6.61. The predicted molar refractivity (Wildman–Crippen MR) is 151 cm³/mol. The Balaban J connectivity index is 1.65. The predicted octanol–water partition coefficient (Wildman–Crippen LogP) is 4.05. The van der Waals surface area contributed by atoms with Crippen LogP contribution in [0.25, 0.3) is 11.8 Å². The number of nitrogens with zero attached hydrogens (tertiary/aromatic N) is 3. The van der Waals surface area contributed by atoms with E-state index in [9.17, 15) is 14.4 Å². The third-order valence-corrected chi connectivity index (χ3v) is 8.52. The number of ether oxygens (including phenoxy) is 2. The number of aromatic nitrogens is 2. The number of rotatable bonds is 6. The van der Waals surface area contributed by atoms with Crippen LogP contribution >= 0.6 is 22.7 Å². The Labute approximate surface area is 232 Å². The monoisotopic (exact) mass is 561 g/mol. The molecule has 0 spiro atoms. The number of benzene rings is 1. The minimum atomic E-state index is -0.601. The molecule has 4 aromatic rings. The number of thiophene rings is 1. The lowest BCUT2D eigenvalue weighted by atomic mass is 10.0. The van der Waals surface area contributed by atoms with Crippen molar-refractivity contribution in [1.82, 2.24) is 9.13 Å². The standard InChI is InChI=1S/C29H27N3O5S2/c1-6-37-28(35)24-17(3)30-29-32(25(24)22-11-8-12-38-22)26(33)23(39-29)15-20-13-16(2)31(18(20)4)21-10-7-9-19(14-21)27(34)36-5/h7-15,25H,6H2,1-5H3/b23-15+/t25-/m1/s1. The van der Waals surface area contributed by atoms with E-state index in [0.717, 1.165) is 27.5 Å². The fraction of sp³-hybridized carbons (Fsp3) is 0.241. The van der Waals surface area contributed by atoms with Crippen molar-refractivity contribution < 1.29 is 19.1 Å². The Morgan fingerprint density at radius 3 is 2.59 bits per heavy atom. The number of methoxy groups -OCH3 is 1. The van der Waals surface area contributed by atoms with E-state index in [-0.39, 0.29) is 12.2 Å². The Hall–Kier alpha value is -4.02. The zero-order valence-corrected chi connectivity index (χ0v) is 23.8. The van der Waals surface area contributed by atoms with Crippen LogP contribution in [0.5, 0.6) is 0 Å². The van der Waals surface area contributed by atoms with Crippen LogP contribution in [0.3, 0.4) is 0 Å². The van der Waals surface area contributed by atoms with Crippen LogP contribution in [0.4, 0.5) is 0 Å². The lowest BCUT2D eigenvalue weighted by Crippen LogP contribution is -2.39. The van der Waals surface area contributed by atoms with Gasteiger partial charge in [0.1, 0.15) is 6.04 Å². The zero-order valence-electron chi connectivity index (χ0n) is 22.2. The Morgan fingerprint density at radius 1 is 1.10 bits per heavy atom. The van der Waals surface area contributed by atoms with E-state index in [1.807, 2.05) is 60.2 Å². The van der Waals surface area contributed by atoms with E-state index in [4.69, 9.17) is 9.47 Å². The fourth-order valence-corrected chi connectivity index (χ4v) is 6.73. The maximum absolute atomic E-state index is 13.8. The number of esters is 2. The molecule has 0 N–H and O–H groups in total. The van der Waals surface area contributed by atoms with Crippen molar-refractivity contribution in [3.8, 4) is 5.69 Å². The van der Waals surface area contributed by atoms with Gasteiger partial charge in [0.15, 0.2) is 4.80 Å². The summed E-state index contributed by atoms with van der Waals surface area (Å²) in [6.07, 6.45) is 1.86. The van der Waals surface area contributed by atoms with Gasteiger partial charge in [0, 0.05) is 22.0 Å². The van der Waals surface area contributed by atoms with Crippen LogP contribution < -0.4 is 14.9 Å². The molecule has 0 unspecified atom stereocenters. The topological polar surface area (TPSA) is 91.9 Å². The van der Waals surface area contributed by atoms with Crippen molar-refractivity contribution in [1.29, 1.82) is 0 Å². The smallest absolute Gasteiger partial charge is 0.338 e. The largest absolute Gasteiger partial charge is 0.465 e. The highest BCUT2D eigenvalue weighted by Crippen LogP contribution is 2.33.